The van der Waals surface area contributed by atoms with E-state index in [9.17, 15) is 0 Å². The molecule has 0 amide bonds. The van der Waals surface area contributed by atoms with E-state index < -0.39 is 0 Å². The standard InChI is InChI=1S/C10H10BrClN6/c1-18-10(16-9(11)17-18)15-7-3-2-6(14)5(4-13)8(7)12/h2-4,13H,14H2,1H3,(H,15,16,17). The summed E-state index contributed by atoms with van der Waals surface area (Å²) in [6, 6.07) is 3.41. The summed E-state index contributed by atoms with van der Waals surface area (Å²) in [6.07, 6.45) is 1.12. The van der Waals surface area contributed by atoms with Crippen LogP contribution in [0, 0.1) is 5.41 Å². The maximum Gasteiger partial charge on any atom is 0.226 e. The van der Waals surface area contributed by atoms with Crippen LogP contribution >= 0.6 is 27.5 Å². The highest BCUT2D eigenvalue weighted by atomic mass is 79.9. The summed E-state index contributed by atoms with van der Waals surface area (Å²) in [4.78, 5) is 4.13. The van der Waals surface area contributed by atoms with Crippen molar-refractivity contribution in [3.63, 3.8) is 0 Å². The van der Waals surface area contributed by atoms with Gasteiger partial charge in [0.2, 0.25) is 10.7 Å². The molecule has 8 heteroatoms. The molecule has 1 aromatic carbocycles. The van der Waals surface area contributed by atoms with Crippen LogP contribution in [0.25, 0.3) is 0 Å². The van der Waals surface area contributed by atoms with E-state index in [0.29, 0.717) is 32.6 Å². The second-order valence-electron chi connectivity index (χ2n) is 3.53. The van der Waals surface area contributed by atoms with Gasteiger partial charge in [-0.1, -0.05) is 11.6 Å². The fraction of sp³-hybridized carbons (Fsp3) is 0.100. The number of nitrogens with two attached hydrogens (primary N) is 1. The summed E-state index contributed by atoms with van der Waals surface area (Å²) in [7, 11) is 1.75. The summed E-state index contributed by atoms with van der Waals surface area (Å²) in [5.41, 5.74) is 7.27. The normalized spacial score (nSPS) is 10.4. The van der Waals surface area contributed by atoms with Gasteiger partial charge < -0.3 is 16.5 Å². The molecule has 0 saturated heterocycles. The maximum absolute atomic E-state index is 7.29. The number of nitrogens with one attached hydrogen (secondary N) is 2. The molecule has 1 heterocycles. The zero-order valence-electron chi connectivity index (χ0n) is 9.41. The van der Waals surface area contributed by atoms with E-state index >= 15 is 0 Å². The largest absolute Gasteiger partial charge is 0.398 e. The minimum absolute atomic E-state index is 0.379. The molecule has 0 radical (unpaired) electrons. The molecule has 0 bridgehead atoms. The molecule has 2 aromatic rings. The second-order valence-corrected chi connectivity index (χ2v) is 4.61. The first kappa shape index (κ1) is 12.8. The van der Waals surface area contributed by atoms with Crippen molar-refractivity contribution in [1.29, 1.82) is 5.41 Å². The fourth-order valence-electron chi connectivity index (χ4n) is 1.43. The van der Waals surface area contributed by atoms with Gasteiger partial charge in [-0.25, -0.2) is 4.68 Å². The Labute approximate surface area is 117 Å². The van der Waals surface area contributed by atoms with Crippen molar-refractivity contribution in [1.82, 2.24) is 14.8 Å². The highest BCUT2D eigenvalue weighted by molar-refractivity contribution is 9.10. The lowest BCUT2D eigenvalue weighted by Gasteiger charge is -2.10. The highest BCUT2D eigenvalue weighted by Crippen LogP contribution is 2.30. The number of hydrogen-bond acceptors (Lipinski definition) is 5. The van der Waals surface area contributed by atoms with Crippen LogP contribution in [0.2, 0.25) is 5.02 Å². The number of hydrogen-bond donors (Lipinski definition) is 3. The van der Waals surface area contributed by atoms with E-state index in [1.54, 1.807) is 23.9 Å². The van der Waals surface area contributed by atoms with Gasteiger partial charge in [-0.15, -0.1) is 5.10 Å². The average Bonchev–Trinajstić information content (AvgIpc) is 2.62. The Morgan fingerprint density at radius 3 is 2.83 bits per heavy atom. The zero-order valence-corrected chi connectivity index (χ0v) is 11.7. The molecule has 0 fully saturated rings. The third kappa shape index (κ3) is 2.32. The van der Waals surface area contributed by atoms with Crippen molar-refractivity contribution in [2.24, 2.45) is 7.05 Å². The van der Waals surface area contributed by atoms with Crippen molar-refractivity contribution in [3.8, 4) is 0 Å². The van der Waals surface area contributed by atoms with E-state index in [0.717, 1.165) is 6.21 Å². The molecular weight excluding hydrogens is 320 g/mol. The second kappa shape index (κ2) is 4.95. The third-order valence-electron chi connectivity index (χ3n) is 2.34. The van der Waals surface area contributed by atoms with E-state index in [4.69, 9.17) is 22.7 Å². The van der Waals surface area contributed by atoms with E-state index in [2.05, 4.69) is 31.3 Å². The lowest BCUT2D eigenvalue weighted by Crippen LogP contribution is -2.03. The molecule has 0 atom stereocenters. The van der Waals surface area contributed by atoms with Crippen LogP contribution in [0.1, 0.15) is 5.56 Å². The molecule has 0 spiro atoms. The van der Waals surface area contributed by atoms with Gasteiger partial charge in [-0.2, -0.15) is 4.98 Å². The van der Waals surface area contributed by atoms with Gasteiger partial charge in [0.15, 0.2) is 0 Å². The van der Waals surface area contributed by atoms with Gasteiger partial charge in [0.05, 0.1) is 10.7 Å². The Balaban J connectivity index is 2.41. The molecule has 6 nitrogen and oxygen atoms in total. The predicted octanol–water partition coefficient (Wildman–Crippen LogP) is 2.55. The Morgan fingerprint density at radius 1 is 1.56 bits per heavy atom. The van der Waals surface area contributed by atoms with Crippen LogP contribution in [0.5, 0.6) is 0 Å². The smallest absolute Gasteiger partial charge is 0.226 e. The third-order valence-corrected chi connectivity index (χ3v) is 3.08. The molecule has 0 aliphatic heterocycles. The van der Waals surface area contributed by atoms with E-state index in [-0.39, 0.29) is 0 Å². The lowest BCUT2D eigenvalue weighted by atomic mass is 10.1. The summed E-state index contributed by atoms with van der Waals surface area (Å²) < 4.78 is 2.05. The van der Waals surface area contributed by atoms with Gasteiger partial charge in [0.25, 0.3) is 0 Å². The number of anilines is 3. The Hall–Kier alpha value is -1.60. The summed E-state index contributed by atoms with van der Waals surface area (Å²) in [6.45, 7) is 0. The molecule has 18 heavy (non-hydrogen) atoms. The zero-order chi connectivity index (χ0) is 13.3. The van der Waals surface area contributed by atoms with Crippen molar-refractivity contribution in [2.75, 3.05) is 11.1 Å². The minimum atomic E-state index is 0.379. The molecule has 1 aromatic heterocycles. The summed E-state index contributed by atoms with van der Waals surface area (Å²) >= 11 is 9.34. The Kier molecular flexibility index (Phi) is 3.53. The Morgan fingerprint density at radius 2 is 2.28 bits per heavy atom. The minimum Gasteiger partial charge on any atom is -0.398 e. The number of benzene rings is 1. The molecule has 94 valence electrons. The topological polar surface area (TPSA) is 92.6 Å². The number of rotatable bonds is 3. The molecule has 4 N–H and O–H groups in total. The van der Waals surface area contributed by atoms with E-state index in [1.165, 1.54) is 0 Å². The average molecular weight is 330 g/mol. The SMILES string of the molecule is Cn1nc(Br)nc1Nc1ccc(N)c(C=N)c1Cl. The summed E-state index contributed by atoms with van der Waals surface area (Å²) in [5, 5.41) is 14.7. The first-order valence-electron chi connectivity index (χ1n) is 4.95. The monoisotopic (exact) mass is 328 g/mol. The molecular formula is C10H10BrClN6. The van der Waals surface area contributed by atoms with Crippen molar-refractivity contribution in [2.45, 2.75) is 0 Å². The molecule has 0 aliphatic carbocycles. The van der Waals surface area contributed by atoms with Crippen LogP contribution < -0.4 is 11.1 Å². The maximum atomic E-state index is 7.29. The van der Waals surface area contributed by atoms with Gasteiger partial charge in [0, 0.05) is 24.5 Å². The van der Waals surface area contributed by atoms with Gasteiger partial charge in [-0.3, -0.25) is 0 Å². The quantitative estimate of drug-likeness (QED) is 0.596. The highest BCUT2D eigenvalue weighted by Gasteiger charge is 2.11. The first-order valence-corrected chi connectivity index (χ1v) is 6.12. The van der Waals surface area contributed by atoms with Crippen LogP contribution in [-0.2, 0) is 7.05 Å². The number of halogens is 2. The van der Waals surface area contributed by atoms with Crippen molar-refractivity contribution < 1.29 is 0 Å². The molecule has 0 saturated carbocycles. The number of aryl methyl sites for hydroxylation is 1. The van der Waals surface area contributed by atoms with Crippen LogP contribution in [0.3, 0.4) is 0 Å². The van der Waals surface area contributed by atoms with Gasteiger partial charge >= 0.3 is 0 Å². The fourth-order valence-corrected chi connectivity index (χ4v) is 2.11. The molecule has 0 unspecified atom stereocenters. The van der Waals surface area contributed by atoms with Gasteiger partial charge in [0.1, 0.15) is 0 Å². The van der Waals surface area contributed by atoms with Crippen LogP contribution in [0.15, 0.2) is 16.9 Å². The lowest BCUT2D eigenvalue weighted by molar-refractivity contribution is 0.769. The summed E-state index contributed by atoms with van der Waals surface area (Å²) in [5.74, 6) is 0.532. The Bertz CT molecular complexity index is 609. The first-order chi connectivity index (χ1) is 8.52. The van der Waals surface area contributed by atoms with Crippen LogP contribution in [0.4, 0.5) is 17.3 Å². The van der Waals surface area contributed by atoms with Crippen molar-refractivity contribution >= 4 is 51.1 Å². The number of aromatic nitrogens is 3. The number of nitrogens with zero attached hydrogens (tertiary/aromatic N) is 3. The number of nitrogen functional groups attached to an aromatic ring is 1. The molecule has 2 rings (SSSR count). The molecule has 0 aliphatic rings. The van der Waals surface area contributed by atoms with Crippen molar-refractivity contribution in [3.05, 3.63) is 27.5 Å². The van der Waals surface area contributed by atoms with Crippen LogP contribution in [-0.4, -0.2) is 21.0 Å². The van der Waals surface area contributed by atoms with E-state index in [1.807, 2.05) is 0 Å². The predicted molar refractivity (Wildman–Crippen MR) is 75.7 cm³/mol. The van der Waals surface area contributed by atoms with Gasteiger partial charge in [-0.05, 0) is 28.1 Å².